The molecule has 0 spiro atoms. The minimum absolute atomic E-state index is 0.0348. The fraction of sp³-hybridized carbons (Fsp3) is 0.900. The minimum Gasteiger partial charge on any atom is -0.363 e. The first-order valence-corrected chi connectivity index (χ1v) is 11.1. The van der Waals surface area contributed by atoms with Crippen molar-refractivity contribution in [1.29, 1.82) is 0 Å². The number of hydrazine groups is 1. The summed E-state index contributed by atoms with van der Waals surface area (Å²) in [7, 11) is 2.21. The van der Waals surface area contributed by atoms with Gasteiger partial charge in [-0.1, -0.05) is 0 Å². The summed E-state index contributed by atoms with van der Waals surface area (Å²) < 4.78 is 20.6. The summed E-state index contributed by atoms with van der Waals surface area (Å²) >= 11 is 0. The largest absolute Gasteiger partial charge is 0.363 e. The van der Waals surface area contributed by atoms with Crippen LogP contribution in [-0.2, 0) is 4.74 Å². The molecule has 5 aliphatic heterocycles. The lowest BCUT2D eigenvalue weighted by atomic mass is 9.87. The first kappa shape index (κ1) is 19.1. The molecule has 4 fully saturated rings. The number of hydrogen-bond acceptors (Lipinski definition) is 7. The standard InChI is InChI=1S/C20H35FN6O/c1-25-6-3-9-28-20-16(10-15(21)12-22-20)17-4-2-7-26(17)18-5-8-27-19(24-18)14(13-25)11-23-27/h5,14-17,19-20,22-24H,2-4,6-13H2,1H3/t14?,15?,16?,17-,19?,20?/m1/s1. The third kappa shape index (κ3) is 3.65. The van der Waals surface area contributed by atoms with Crippen LogP contribution in [0, 0.1) is 11.8 Å². The lowest BCUT2D eigenvalue weighted by Crippen LogP contribution is -2.58. The maximum Gasteiger partial charge on any atom is 0.113 e. The number of piperidine rings is 1. The number of hydrogen-bond donors (Lipinski definition) is 3. The van der Waals surface area contributed by atoms with Crippen LogP contribution in [0.5, 0.6) is 0 Å². The number of rotatable bonds is 0. The molecule has 5 rings (SSSR count). The van der Waals surface area contributed by atoms with Gasteiger partial charge in [-0.2, -0.15) is 0 Å². The molecule has 4 saturated heterocycles. The van der Waals surface area contributed by atoms with Crippen molar-refractivity contribution in [1.82, 2.24) is 30.9 Å². The molecule has 0 aromatic carbocycles. The molecule has 7 nitrogen and oxygen atoms in total. The maximum absolute atomic E-state index is 14.3. The van der Waals surface area contributed by atoms with E-state index in [0.717, 1.165) is 52.2 Å². The van der Waals surface area contributed by atoms with Gasteiger partial charge in [-0.05, 0) is 38.8 Å². The zero-order valence-electron chi connectivity index (χ0n) is 16.9. The molecule has 0 radical (unpaired) electrons. The molecule has 0 aliphatic carbocycles. The fourth-order valence-corrected chi connectivity index (χ4v) is 5.84. The Labute approximate surface area is 167 Å². The molecule has 5 aliphatic rings. The van der Waals surface area contributed by atoms with Crippen molar-refractivity contribution >= 4 is 0 Å². The highest BCUT2D eigenvalue weighted by Crippen LogP contribution is 2.35. The molecule has 8 heteroatoms. The Balaban J connectivity index is 1.41. The van der Waals surface area contributed by atoms with Crippen LogP contribution in [0.25, 0.3) is 0 Å². The van der Waals surface area contributed by atoms with Crippen molar-refractivity contribution in [2.45, 2.75) is 50.3 Å². The number of alkyl halides is 1. The molecule has 2 bridgehead atoms. The van der Waals surface area contributed by atoms with Crippen molar-refractivity contribution in [3.05, 3.63) is 11.9 Å². The first-order chi connectivity index (χ1) is 13.7. The van der Waals surface area contributed by atoms with Crippen LogP contribution in [0.2, 0.25) is 0 Å². The average molecular weight is 395 g/mol. The number of ether oxygens (including phenoxy) is 1. The number of fused-ring (bicyclic) bond motifs is 5. The Morgan fingerprint density at radius 3 is 3.07 bits per heavy atom. The van der Waals surface area contributed by atoms with Gasteiger partial charge in [0.25, 0.3) is 0 Å². The van der Waals surface area contributed by atoms with E-state index >= 15 is 0 Å². The molecule has 5 unspecified atom stereocenters. The zero-order valence-corrected chi connectivity index (χ0v) is 16.9. The number of nitrogens with zero attached hydrogens (tertiary/aromatic N) is 3. The van der Waals surface area contributed by atoms with E-state index in [2.05, 4.69) is 44.0 Å². The highest BCUT2D eigenvalue weighted by molar-refractivity contribution is 5.12. The SMILES string of the molecule is CN1CCCOC2NCC(F)CC2[C@H]2CCCN2C2=CCN3NCC(C1)C3N2. The highest BCUT2D eigenvalue weighted by atomic mass is 19.1. The molecular formula is C20H35FN6O. The van der Waals surface area contributed by atoms with Crippen molar-refractivity contribution < 1.29 is 9.13 Å². The van der Waals surface area contributed by atoms with E-state index in [1.807, 2.05) is 0 Å². The molecule has 28 heavy (non-hydrogen) atoms. The molecule has 158 valence electrons. The summed E-state index contributed by atoms with van der Waals surface area (Å²) in [6.07, 6.45) is 5.74. The van der Waals surface area contributed by atoms with E-state index in [1.165, 1.54) is 12.2 Å². The van der Waals surface area contributed by atoms with Gasteiger partial charge in [-0.3, -0.25) is 10.7 Å². The Morgan fingerprint density at radius 2 is 2.14 bits per heavy atom. The van der Waals surface area contributed by atoms with Gasteiger partial charge in [0.05, 0.1) is 6.17 Å². The van der Waals surface area contributed by atoms with E-state index in [9.17, 15) is 4.39 Å². The molecule has 0 amide bonds. The second kappa shape index (κ2) is 8.07. The highest BCUT2D eigenvalue weighted by Gasteiger charge is 2.44. The van der Waals surface area contributed by atoms with Crippen LogP contribution in [0.4, 0.5) is 4.39 Å². The molecule has 0 aromatic heterocycles. The van der Waals surface area contributed by atoms with Crippen LogP contribution in [0.15, 0.2) is 11.9 Å². The van der Waals surface area contributed by atoms with E-state index in [4.69, 9.17) is 4.74 Å². The van der Waals surface area contributed by atoms with E-state index in [-0.39, 0.29) is 12.1 Å². The quantitative estimate of drug-likeness (QED) is 0.546. The van der Waals surface area contributed by atoms with Crippen LogP contribution in [0.1, 0.15) is 25.7 Å². The van der Waals surface area contributed by atoms with Gasteiger partial charge in [0.1, 0.15) is 18.2 Å². The number of nitrogens with one attached hydrogen (secondary N) is 3. The normalized spacial score (nSPS) is 42.9. The second-order valence-electron chi connectivity index (χ2n) is 9.17. The van der Waals surface area contributed by atoms with Gasteiger partial charge in [0.2, 0.25) is 0 Å². The van der Waals surface area contributed by atoms with E-state index < -0.39 is 6.17 Å². The van der Waals surface area contributed by atoms with Gasteiger partial charge in [0.15, 0.2) is 0 Å². The summed E-state index contributed by atoms with van der Waals surface area (Å²) in [5.41, 5.74) is 3.57. The second-order valence-corrected chi connectivity index (χ2v) is 9.17. The summed E-state index contributed by atoms with van der Waals surface area (Å²) in [6, 6.07) is 0.347. The van der Waals surface area contributed by atoms with Crippen molar-refractivity contribution in [2.24, 2.45) is 11.8 Å². The number of halogens is 1. The third-order valence-corrected chi connectivity index (χ3v) is 7.20. The van der Waals surface area contributed by atoms with Gasteiger partial charge >= 0.3 is 0 Å². The smallest absolute Gasteiger partial charge is 0.113 e. The maximum atomic E-state index is 14.3. The van der Waals surface area contributed by atoms with Crippen molar-refractivity contribution in [3.63, 3.8) is 0 Å². The Hall–Kier alpha value is -0.930. The Kier molecular flexibility index (Phi) is 5.49. The van der Waals surface area contributed by atoms with Gasteiger partial charge in [-0.15, -0.1) is 0 Å². The lowest BCUT2D eigenvalue weighted by Gasteiger charge is -2.44. The fourth-order valence-electron chi connectivity index (χ4n) is 5.84. The lowest BCUT2D eigenvalue weighted by molar-refractivity contribution is -0.0658. The van der Waals surface area contributed by atoms with Gasteiger partial charge < -0.3 is 19.9 Å². The first-order valence-electron chi connectivity index (χ1n) is 11.1. The van der Waals surface area contributed by atoms with Crippen LogP contribution < -0.4 is 16.1 Å². The topological polar surface area (TPSA) is 55.0 Å². The van der Waals surface area contributed by atoms with Crippen LogP contribution >= 0.6 is 0 Å². The molecular weight excluding hydrogens is 359 g/mol. The predicted molar refractivity (Wildman–Crippen MR) is 106 cm³/mol. The Morgan fingerprint density at radius 1 is 1.21 bits per heavy atom. The summed E-state index contributed by atoms with van der Waals surface area (Å²) in [4.78, 5) is 4.94. The molecule has 0 aromatic rings. The summed E-state index contributed by atoms with van der Waals surface area (Å²) in [5, 5.41) is 9.53. The molecule has 0 saturated carbocycles. The average Bonchev–Trinajstić information content (AvgIpc) is 3.32. The molecule has 6 atom stereocenters. The van der Waals surface area contributed by atoms with E-state index in [1.54, 1.807) is 0 Å². The van der Waals surface area contributed by atoms with Crippen molar-refractivity contribution in [2.75, 3.05) is 52.9 Å². The summed E-state index contributed by atoms with van der Waals surface area (Å²) in [5.74, 6) is 2.00. The van der Waals surface area contributed by atoms with E-state index in [0.29, 0.717) is 31.1 Å². The van der Waals surface area contributed by atoms with Gasteiger partial charge in [0, 0.05) is 63.8 Å². The third-order valence-electron chi connectivity index (χ3n) is 7.20. The van der Waals surface area contributed by atoms with Crippen molar-refractivity contribution in [3.8, 4) is 0 Å². The van der Waals surface area contributed by atoms with Crippen LogP contribution in [-0.4, -0.2) is 92.3 Å². The zero-order chi connectivity index (χ0) is 19.1. The molecule has 5 heterocycles. The monoisotopic (exact) mass is 394 g/mol. The summed E-state index contributed by atoms with van der Waals surface area (Å²) in [6.45, 7) is 6.25. The van der Waals surface area contributed by atoms with Crippen LogP contribution in [0.3, 0.4) is 0 Å². The minimum atomic E-state index is -0.774. The Bertz CT molecular complexity index is 591. The molecule has 3 N–H and O–H groups in total. The predicted octanol–water partition coefficient (Wildman–Crippen LogP) is 0.284. The van der Waals surface area contributed by atoms with Gasteiger partial charge in [-0.25, -0.2) is 9.40 Å².